The molecule has 0 bridgehead atoms. The fourth-order valence-corrected chi connectivity index (χ4v) is 5.76. The standard InChI is InChI=1S/C27H34F2N4O5.C2HF3O2/c1-37-22-6-3-17(13-23(22)38-2)27-8-7-19(32-26(36)31-18-4-5-20(28)21(29)14-18)15-24(27)33(11-9-27)25(35)16-30-10-12-34;3-2(4,5)1(6)7/h3-6,13-14,19,24,30,34H,7-12,15-16H2,1-2H3,(H2,31,32,36);(H,6,7). The number of aliphatic hydroxyl groups is 1. The predicted octanol–water partition coefficient (Wildman–Crippen LogP) is 3.41. The van der Waals surface area contributed by atoms with Crippen molar-refractivity contribution in [3.05, 3.63) is 53.6 Å². The van der Waals surface area contributed by atoms with Crippen molar-refractivity contribution in [2.24, 2.45) is 0 Å². The van der Waals surface area contributed by atoms with Gasteiger partial charge >= 0.3 is 18.2 Å². The highest BCUT2D eigenvalue weighted by atomic mass is 19.4. The SMILES string of the molecule is COc1ccc(C23CCC(NC(=O)Nc4ccc(F)c(F)c4)CC2N(C(=O)CNCCO)CC3)cc1OC.O=C(O)C(F)(F)F. The van der Waals surface area contributed by atoms with Crippen LogP contribution in [0.2, 0.25) is 0 Å². The Bertz CT molecular complexity index is 1360. The Balaban J connectivity index is 0.000000707. The fraction of sp³-hybridized carbons (Fsp3) is 0.483. The van der Waals surface area contributed by atoms with Crippen molar-refractivity contribution in [2.45, 2.75) is 49.4 Å². The fourth-order valence-electron chi connectivity index (χ4n) is 5.76. The average molecular weight is 647 g/mol. The Morgan fingerprint density at radius 1 is 1.02 bits per heavy atom. The van der Waals surface area contributed by atoms with Crippen LogP contribution in [0, 0.1) is 11.6 Å². The first kappa shape index (κ1) is 35.3. The number of halogens is 5. The van der Waals surface area contributed by atoms with Crippen molar-refractivity contribution >= 4 is 23.6 Å². The average Bonchev–Trinajstić information content (AvgIpc) is 3.38. The van der Waals surface area contributed by atoms with Gasteiger partial charge in [-0.25, -0.2) is 18.4 Å². The molecule has 1 heterocycles. The number of fused-ring (bicyclic) bond motifs is 1. The lowest BCUT2D eigenvalue weighted by molar-refractivity contribution is -0.192. The molecule has 0 aromatic heterocycles. The number of hydrogen-bond donors (Lipinski definition) is 5. The number of nitrogens with zero attached hydrogens (tertiary/aromatic N) is 1. The number of aliphatic hydroxyl groups excluding tert-OH is 1. The van der Waals surface area contributed by atoms with Gasteiger partial charge in [-0.15, -0.1) is 0 Å². The van der Waals surface area contributed by atoms with Crippen LogP contribution in [0.1, 0.15) is 31.2 Å². The van der Waals surface area contributed by atoms with Crippen LogP contribution in [-0.2, 0) is 15.0 Å². The van der Waals surface area contributed by atoms with E-state index in [1.54, 1.807) is 14.2 Å². The zero-order valence-electron chi connectivity index (χ0n) is 24.5. The van der Waals surface area contributed by atoms with Crippen LogP contribution < -0.4 is 25.4 Å². The number of hydrogen-bond acceptors (Lipinski definition) is 7. The number of aliphatic carboxylic acids is 1. The number of alkyl halides is 3. The van der Waals surface area contributed by atoms with Crippen LogP contribution >= 0.6 is 0 Å². The highest BCUT2D eigenvalue weighted by Gasteiger charge is 2.53. The van der Waals surface area contributed by atoms with Crippen LogP contribution in [0.3, 0.4) is 0 Å². The van der Waals surface area contributed by atoms with E-state index in [0.717, 1.165) is 30.5 Å². The van der Waals surface area contributed by atoms with Crippen LogP contribution in [0.15, 0.2) is 36.4 Å². The summed E-state index contributed by atoms with van der Waals surface area (Å²) < 4.78 is 69.5. The molecule has 2 aliphatic rings. The van der Waals surface area contributed by atoms with Gasteiger partial charge < -0.3 is 40.5 Å². The number of carboxylic acid groups (broad SMARTS) is 1. The van der Waals surface area contributed by atoms with Gasteiger partial charge in [0, 0.05) is 42.3 Å². The highest BCUT2D eigenvalue weighted by Crippen LogP contribution is 2.50. The molecule has 3 unspecified atom stereocenters. The summed E-state index contributed by atoms with van der Waals surface area (Å²) in [7, 11) is 3.16. The number of amides is 3. The Morgan fingerprint density at radius 3 is 2.31 bits per heavy atom. The Kier molecular flexibility index (Phi) is 11.9. The maximum absolute atomic E-state index is 13.6. The number of nitrogens with one attached hydrogen (secondary N) is 3. The minimum absolute atomic E-state index is 0.0641. The van der Waals surface area contributed by atoms with Gasteiger partial charge in [0.1, 0.15) is 0 Å². The number of likely N-dealkylation sites (tertiary alicyclic amines) is 1. The largest absolute Gasteiger partial charge is 0.493 e. The second-order valence-corrected chi connectivity index (χ2v) is 10.5. The number of anilines is 1. The lowest BCUT2D eigenvalue weighted by Gasteiger charge is -2.45. The number of carboxylic acids is 1. The van der Waals surface area contributed by atoms with Gasteiger partial charge in [0.2, 0.25) is 5.91 Å². The molecular formula is C29H35F5N4O7. The third kappa shape index (κ3) is 8.72. The van der Waals surface area contributed by atoms with E-state index >= 15 is 0 Å². The van der Waals surface area contributed by atoms with Gasteiger partial charge in [-0.1, -0.05) is 6.07 Å². The van der Waals surface area contributed by atoms with E-state index < -0.39 is 29.8 Å². The highest BCUT2D eigenvalue weighted by molar-refractivity contribution is 5.89. The van der Waals surface area contributed by atoms with Gasteiger partial charge in [0.15, 0.2) is 23.1 Å². The first-order valence-corrected chi connectivity index (χ1v) is 13.9. The summed E-state index contributed by atoms with van der Waals surface area (Å²) in [6.45, 7) is 0.922. The van der Waals surface area contributed by atoms with Crippen LogP contribution in [0.5, 0.6) is 11.5 Å². The van der Waals surface area contributed by atoms with E-state index in [9.17, 15) is 31.5 Å². The second kappa shape index (κ2) is 15.2. The molecule has 248 valence electrons. The van der Waals surface area contributed by atoms with Crippen molar-refractivity contribution < 1.29 is 56.0 Å². The molecule has 1 saturated carbocycles. The summed E-state index contributed by atoms with van der Waals surface area (Å²) in [6, 6.07) is 8.06. The lowest BCUT2D eigenvalue weighted by atomic mass is 9.65. The van der Waals surface area contributed by atoms with E-state index in [4.69, 9.17) is 24.5 Å². The molecule has 4 rings (SSSR count). The Morgan fingerprint density at radius 2 is 1.71 bits per heavy atom. The number of urea groups is 1. The summed E-state index contributed by atoms with van der Waals surface area (Å²) in [4.78, 5) is 36.6. The molecule has 0 radical (unpaired) electrons. The van der Waals surface area contributed by atoms with Gasteiger partial charge in [-0.2, -0.15) is 13.2 Å². The van der Waals surface area contributed by atoms with Gasteiger partial charge in [-0.05, 0) is 55.5 Å². The van der Waals surface area contributed by atoms with Gasteiger partial charge in [0.05, 0.1) is 27.4 Å². The summed E-state index contributed by atoms with van der Waals surface area (Å²) in [5, 5.41) is 24.6. The molecule has 2 aromatic rings. The number of ether oxygens (including phenoxy) is 2. The second-order valence-electron chi connectivity index (χ2n) is 10.5. The Labute approximate surface area is 255 Å². The zero-order chi connectivity index (χ0) is 33.4. The molecule has 1 aliphatic carbocycles. The molecule has 3 atom stereocenters. The van der Waals surface area contributed by atoms with E-state index in [1.165, 1.54) is 6.07 Å². The third-order valence-corrected chi connectivity index (χ3v) is 7.86. The molecule has 3 amide bonds. The maximum Gasteiger partial charge on any atom is 0.490 e. The van der Waals surface area contributed by atoms with Gasteiger partial charge in [0.25, 0.3) is 0 Å². The van der Waals surface area contributed by atoms with Crippen LogP contribution in [-0.4, -0.2) is 91.7 Å². The summed E-state index contributed by atoms with van der Waals surface area (Å²) in [6.07, 6.45) is -2.42. The predicted molar refractivity (Wildman–Crippen MR) is 151 cm³/mol. The molecular weight excluding hydrogens is 611 g/mol. The molecule has 11 nitrogen and oxygen atoms in total. The summed E-state index contributed by atoms with van der Waals surface area (Å²) in [5.74, 6) is -3.64. The van der Waals surface area contributed by atoms with Crippen LogP contribution in [0.25, 0.3) is 0 Å². The Hall–Kier alpha value is -4.18. The monoisotopic (exact) mass is 646 g/mol. The first-order chi connectivity index (χ1) is 21.2. The molecule has 2 fully saturated rings. The molecule has 5 N–H and O–H groups in total. The summed E-state index contributed by atoms with van der Waals surface area (Å²) in [5.41, 5.74) is 0.856. The molecule has 2 aromatic carbocycles. The lowest BCUT2D eigenvalue weighted by Crippen LogP contribution is -2.55. The van der Waals surface area contributed by atoms with E-state index in [2.05, 4.69) is 16.0 Å². The normalized spacial score (nSPS) is 20.8. The summed E-state index contributed by atoms with van der Waals surface area (Å²) >= 11 is 0. The van der Waals surface area contributed by atoms with Crippen molar-refractivity contribution in [1.29, 1.82) is 0 Å². The topological polar surface area (TPSA) is 149 Å². The number of rotatable bonds is 9. The van der Waals surface area contributed by atoms with Crippen molar-refractivity contribution in [2.75, 3.05) is 45.8 Å². The van der Waals surface area contributed by atoms with Gasteiger partial charge in [-0.3, -0.25) is 4.79 Å². The molecule has 45 heavy (non-hydrogen) atoms. The maximum atomic E-state index is 13.6. The van der Waals surface area contributed by atoms with Crippen molar-refractivity contribution in [1.82, 2.24) is 15.5 Å². The molecule has 1 aliphatic heterocycles. The molecule has 0 spiro atoms. The smallest absolute Gasteiger partial charge is 0.490 e. The van der Waals surface area contributed by atoms with Crippen molar-refractivity contribution in [3.63, 3.8) is 0 Å². The van der Waals surface area contributed by atoms with Crippen molar-refractivity contribution in [3.8, 4) is 11.5 Å². The molecule has 16 heteroatoms. The third-order valence-electron chi connectivity index (χ3n) is 7.86. The molecule has 1 saturated heterocycles. The number of methoxy groups -OCH3 is 2. The van der Waals surface area contributed by atoms with Crippen LogP contribution in [0.4, 0.5) is 32.4 Å². The quantitative estimate of drug-likeness (QED) is 0.206. The zero-order valence-corrected chi connectivity index (χ0v) is 24.5. The first-order valence-electron chi connectivity index (χ1n) is 13.9. The number of carbonyl (C=O) groups excluding carboxylic acids is 2. The van der Waals surface area contributed by atoms with E-state index in [1.807, 2.05) is 23.1 Å². The number of carbonyl (C=O) groups is 3. The van der Waals surface area contributed by atoms with E-state index in [-0.39, 0.29) is 42.2 Å². The minimum Gasteiger partial charge on any atom is -0.493 e. The minimum atomic E-state index is -5.08. The van der Waals surface area contributed by atoms with E-state index in [0.29, 0.717) is 37.4 Å². The number of benzene rings is 2.